The number of nitrogens with two attached hydrogens (primary N) is 1. The van der Waals surface area contributed by atoms with Gasteiger partial charge in [0.05, 0.1) is 10.6 Å². The first-order valence-electron chi connectivity index (χ1n) is 5.38. The van der Waals surface area contributed by atoms with E-state index in [0.717, 1.165) is 18.4 Å². The van der Waals surface area contributed by atoms with Crippen LogP contribution in [0.15, 0.2) is 18.2 Å². The van der Waals surface area contributed by atoms with Gasteiger partial charge in [0.15, 0.2) is 0 Å². The summed E-state index contributed by atoms with van der Waals surface area (Å²) in [6.07, 6.45) is 2.04. The molecular formula is C13H18ClNO. The SMILES string of the molecule is CC(C)(C)CCc1ccc(C(N)=O)c(Cl)c1. The van der Waals surface area contributed by atoms with Gasteiger partial charge in [0.1, 0.15) is 0 Å². The maximum atomic E-state index is 11.0. The zero-order valence-corrected chi connectivity index (χ0v) is 10.8. The van der Waals surface area contributed by atoms with Crippen molar-refractivity contribution < 1.29 is 4.79 Å². The van der Waals surface area contributed by atoms with Gasteiger partial charge in [0.2, 0.25) is 5.91 Å². The molecule has 1 rings (SSSR count). The Hall–Kier alpha value is -1.02. The summed E-state index contributed by atoms with van der Waals surface area (Å²) >= 11 is 5.97. The fraction of sp³-hybridized carbons (Fsp3) is 0.462. The summed E-state index contributed by atoms with van der Waals surface area (Å²) in [5.74, 6) is -0.479. The summed E-state index contributed by atoms with van der Waals surface area (Å²) in [7, 11) is 0. The van der Waals surface area contributed by atoms with Crippen LogP contribution < -0.4 is 5.73 Å². The summed E-state index contributed by atoms with van der Waals surface area (Å²) in [5.41, 5.74) is 7.02. The van der Waals surface area contributed by atoms with Gasteiger partial charge in [-0.2, -0.15) is 0 Å². The number of halogens is 1. The average Bonchev–Trinajstić information content (AvgIpc) is 2.13. The first-order chi connectivity index (χ1) is 7.29. The van der Waals surface area contributed by atoms with E-state index < -0.39 is 5.91 Å². The summed E-state index contributed by atoms with van der Waals surface area (Å²) in [4.78, 5) is 11.0. The van der Waals surface area contributed by atoms with E-state index in [9.17, 15) is 4.79 Å². The lowest BCUT2D eigenvalue weighted by Crippen LogP contribution is -2.12. The van der Waals surface area contributed by atoms with E-state index in [1.165, 1.54) is 0 Å². The number of carbonyl (C=O) groups excluding carboxylic acids is 1. The predicted molar refractivity (Wildman–Crippen MR) is 67.7 cm³/mol. The van der Waals surface area contributed by atoms with Crippen LogP contribution in [0, 0.1) is 5.41 Å². The monoisotopic (exact) mass is 239 g/mol. The van der Waals surface area contributed by atoms with Crippen molar-refractivity contribution in [1.82, 2.24) is 0 Å². The average molecular weight is 240 g/mol. The minimum atomic E-state index is -0.479. The van der Waals surface area contributed by atoms with Crippen molar-refractivity contribution in [2.24, 2.45) is 11.1 Å². The van der Waals surface area contributed by atoms with Gasteiger partial charge >= 0.3 is 0 Å². The fourth-order valence-electron chi connectivity index (χ4n) is 1.43. The number of benzene rings is 1. The number of primary amides is 1. The van der Waals surface area contributed by atoms with Gasteiger partial charge in [-0.25, -0.2) is 0 Å². The van der Waals surface area contributed by atoms with E-state index in [1.54, 1.807) is 6.07 Å². The predicted octanol–water partition coefficient (Wildman–Crippen LogP) is 3.42. The van der Waals surface area contributed by atoms with E-state index in [2.05, 4.69) is 20.8 Å². The van der Waals surface area contributed by atoms with E-state index in [-0.39, 0.29) is 0 Å². The molecule has 0 aliphatic rings. The number of hydrogen-bond acceptors (Lipinski definition) is 1. The number of rotatable bonds is 3. The van der Waals surface area contributed by atoms with Crippen molar-refractivity contribution in [3.05, 3.63) is 34.3 Å². The molecule has 0 unspecified atom stereocenters. The van der Waals surface area contributed by atoms with Crippen molar-refractivity contribution in [1.29, 1.82) is 0 Å². The number of aryl methyl sites for hydroxylation is 1. The Kier molecular flexibility index (Phi) is 3.98. The minimum Gasteiger partial charge on any atom is -0.366 e. The van der Waals surface area contributed by atoms with Crippen LogP contribution in [-0.2, 0) is 6.42 Å². The molecule has 1 aromatic rings. The zero-order valence-electron chi connectivity index (χ0n) is 10.0. The largest absolute Gasteiger partial charge is 0.366 e. The van der Waals surface area contributed by atoms with Crippen LogP contribution >= 0.6 is 11.6 Å². The second-order valence-corrected chi connectivity index (χ2v) is 5.65. The van der Waals surface area contributed by atoms with Crippen molar-refractivity contribution in [2.45, 2.75) is 33.6 Å². The summed E-state index contributed by atoms with van der Waals surface area (Å²) in [6, 6.07) is 5.44. The molecule has 3 heteroatoms. The van der Waals surface area contributed by atoms with Crippen molar-refractivity contribution in [3.63, 3.8) is 0 Å². The molecule has 0 saturated heterocycles. The second-order valence-electron chi connectivity index (χ2n) is 5.24. The molecule has 0 aromatic heterocycles. The Bertz CT molecular complexity index is 393. The molecule has 0 aliphatic heterocycles. The van der Waals surface area contributed by atoms with Crippen LogP contribution in [0.1, 0.15) is 43.1 Å². The molecule has 0 radical (unpaired) electrons. The second kappa shape index (κ2) is 4.88. The highest BCUT2D eigenvalue weighted by molar-refractivity contribution is 6.33. The molecule has 2 N–H and O–H groups in total. The molecule has 0 fully saturated rings. The van der Waals surface area contributed by atoms with Gasteiger partial charge in [-0.05, 0) is 36.0 Å². The molecule has 16 heavy (non-hydrogen) atoms. The lowest BCUT2D eigenvalue weighted by atomic mass is 9.88. The molecule has 0 bridgehead atoms. The summed E-state index contributed by atoms with van der Waals surface area (Å²) in [5, 5.41) is 0.443. The highest BCUT2D eigenvalue weighted by atomic mass is 35.5. The Balaban J connectivity index is 2.78. The van der Waals surface area contributed by atoms with Gasteiger partial charge in [-0.3, -0.25) is 4.79 Å². The molecule has 0 heterocycles. The lowest BCUT2D eigenvalue weighted by molar-refractivity contribution is 0.100. The maximum absolute atomic E-state index is 11.0. The quantitative estimate of drug-likeness (QED) is 0.863. The van der Waals surface area contributed by atoms with Gasteiger partial charge in [-0.15, -0.1) is 0 Å². The maximum Gasteiger partial charge on any atom is 0.250 e. The minimum absolute atomic E-state index is 0.300. The van der Waals surface area contributed by atoms with Crippen molar-refractivity contribution in [3.8, 4) is 0 Å². The normalized spacial score (nSPS) is 11.5. The molecule has 88 valence electrons. The van der Waals surface area contributed by atoms with Crippen molar-refractivity contribution >= 4 is 17.5 Å². The van der Waals surface area contributed by atoms with Crippen LogP contribution in [0.25, 0.3) is 0 Å². The Morgan fingerprint density at radius 2 is 2.00 bits per heavy atom. The van der Waals surface area contributed by atoms with Crippen molar-refractivity contribution in [2.75, 3.05) is 0 Å². The summed E-state index contributed by atoms with van der Waals surface area (Å²) in [6.45, 7) is 6.60. The van der Waals surface area contributed by atoms with Crippen LogP contribution in [0.3, 0.4) is 0 Å². The van der Waals surface area contributed by atoms with Crippen LogP contribution in [0.2, 0.25) is 5.02 Å². The third-order valence-corrected chi connectivity index (χ3v) is 2.78. The number of hydrogen-bond donors (Lipinski definition) is 1. The molecule has 0 aliphatic carbocycles. The van der Waals surface area contributed by atoms with E-state index >= 15 is 0 Å². The Morgan fingerprint density at radius 1 is 1.38 bits per heavy atom. The van der Waals surface area contributed by atoms with Gasteiger partial charge in [0, 0.05) is 0 Å². The number of amides is 1. The van der Waals surface area contributed by atoms with Crippen LogP contribution in [0.5, 0.6) is 0 Å². The molecule has 2 nitrogen and oxygen atoms in total. The standard InChI is InChI=1S/C13H18ClNO/c1-13(2,3)7-6-9-4-5-10(12(15)16)11(14)8-9/h4-5,8H,6-7H2,1-3H3,(H2,15,16). The summed E-state index contributed by atoms with van der Waals surface area (Å²) < 4.78 is 0. The Morgan fingerprint density at radius 3 is 2.44 bits per heavy atom. The molecule has 0 spiro atoms. The molecule has 1 aromatic carbocycles. The fourth-order valence-corrected chi connectivity index (χ4v) is 1.73. The third kappa shape index (κ3) is 3.86. The van der Waals surface area contributed by atoms with Gasteiger partial charge in [-0.1, -0.05) is 38.4 Å². The topological polar surface area (TPSA) is 43.1 Å². The first-order valence-corrected chi connectivity index (χ1v) is 5.75. The molecule has 1 amide bonds. The Labute approximate surface area is 102 Å². The lowest BCUT2D eigenvalue weighted by Gasteiger charge is -2.17. The van der Waals surface area contributed by atoms with Crippen LogP contribution in [0.4, 0.5) is 0 Å². The highest BCUT2D eigenvalue weighted by Gasteiger charge is 2.11. The van der Waals surface area contributed by atoms with E-state index in [0.29, 0.717) is 16.0 Å². The first kappa shape index (κ1) is 13.0. The molecule has 0 atom stereocenters. The molecule has 0 saturated carbocycles. The van der Waals surface area contributed by atoms with Gasteiger partial charge in [0.25, 0.3) is 0 Å². The van der Waals surface area contributed by atoms with E-state index in [4.69, 9.17) is 17.3 Å². The van der Waals surface area contributed by atoms with E-state index in [1.807, 2.05) is 12.1 Å². The van der Waals surface area contributed by atoms with Gasteiger partial charge < -0.3 is 5.73 Å². The molecular weight excluding hydrogens is 222 g/mol. The highest BCUT2D eigenvalue weighted by Crippen LogP contribution is 2.24. The zero-order chi connectivity index (χ0) is 12.3. The number of carbonyl (C=O) groups is 1. The smallest absolute Gasteiger partial charge is 0.250 e. The third-order valence-electron chi connectivity index (χ3n) is 2.46. The van der Waals surface area contributed by atoms with Crippen LogP contribution in [-0.4, -0.2) is 5.91 Å².